The lowest BCUT2D eigenvalue weighted by Gasteiger charge is -2.32. The zero-order chi connectivity index (χ0) is 17.3. The van der Waals surface area contributed by atoms with Crippen molar-refractivity contribution < 1.29 is 14.4 Å². The van der Waals surface area contributed by atoms with Crippen LogP contribution in [0.15, 0.2) is 24.3 Å². The smallest absolute Gasteiger partial charge is 0.345 e. The summed E-state index contributed by atoms with van der Waals surface area (Å²) in [6, 6.07) is -0.736. The summed E-state index contributed by atoms with van der Waals surface area (Å²) in [6.45, 7) is 8.28. The minimum Gasteiger partial charge on any atom is -0.351 e. The summed E-state index contributed by atoms with van der Waals surface area (Å²) in [5, 5.41) is 4.48. The molecule has 2 bridgehead atoms. The molecule has 2 fully saturated rings. The Morgan fingerprint density at radius 1 is 1.46 bits per heavy atom. The number of hydrogen-bond donors (Lipinski definition) is 1. The summed E-state index contributed by atoms with van der Waals surface area (Å²) < 4.78 is 0. The third kappa shape index (κ3) is 3.18. The van der Waals surface area contributed by atoms with Gasteiger partial charge in [-0.25, -0.2) is 4.79 Å². The summed E-state index contributed by atoms with van der Waals surface area (Å²) in [5.41, 5.74) is 0.990. The maximum absolute atomic E-state index is 12.7. The van der Waals surface area contributed by atoms with Crippen molar-refractivity contribution >= 4 is 11.9 Å². The summed E-state index contributed by atoms with van der Waals surface area (Å²) in [5.74, 6) is -0.0960. The van der Waals surface area contributed by atoms with Crippen molar-refractivity contribution in [3.8, 4) is 0 Å². The van der Waals surface area contributed by atoms with Crippen molar-refractivity contribution in [3.63, 3.8) is 0 Å². The van der Waals surface area contributed by atoms with Gasteiger partial charge >= 0.3 is 6.03 Å². The standard InChI is InChI=1S/C17H26N4O3/c1-4-9-24-21-15-11-20(17(21)23)14(10-12(15)2)16(22)18-13-5-7-19(3)8-6-13/h4,10,13-15H,1,5-9,11H2,2-3H3,(H,18,22)/t14-,15-/m0/s1. The van der Waals surface area contributed by atoms with Crippen LogP contribution in [0.5, 0.6) is 0 Å². The summed E-state index contributed by atoms with van der Waals surface area (Å²) >= 11 is 0. The van der Waals surface area contributed by atoms with Crippen molar-refractivity contribution in [2.45, 2.75) is 37.9 Å². The van der Waals surface area contributed by atoms with Gasteiger partial charge in [0.05, 0.1) is 19.2 Å². The third-order valence-electron chi connectivity index (χ3n) is 5.03. The predicted octanol–water partition coefficient (Wildman–Crippen LogP) is 0.749. The van der Waals surface area contributed by atoms with Crippen LogP contribution in [-0.2, 0) is 9.63 Å². The molecule has 132 valence electrons. The van der Waals surface area contributed by atoms with Gasteiger partial charge in [-0.1, -0.05) is 12.2 Å². The molecular weight excluding hydrogens is 308 g/mol. The minimum absolute atomic E-state index is 0.0960. The molecule has 3 heterocycles. The first-order chi connectivity index (χ1) is 11.5. The second kappa shape index (κ2) is 6.94. The van der Waals surface area contributed by atoms with Gasteiger partial charge in [-0.15, -0.1) is 6.58 Å². The molecule has 0 aliphatic carbocycles. The van der Waals surface area contributed by atoms with Crippen LogP contribution in [0.4, 0.5) is 4.79 Å². The minimum atomic E-state index is -0.550. The van der Waals surface area contributed by atoms with Crippen LogP contribution in [0.25, 0.3) is 0 Å². The number of nitrogens with zero attached hydrogens (tertiary/aromatic N) is 3. The molecule has 3 aliphatic rings. The highest BCUT2D eigenvalue weighted by Gasteiger charge is 2.47. The number of carbonyl (C=O) groups excluding carboxylic acids is 2. The molecule has 0 spiro atoms. The number of likely N-dealkylation sites (tertiary alicyclic amines) is 1. The number of amides is 3. The van der Waals surface area contributed by atoms with Gasteiger partial charge in [-0.3, -0.25) is 9.63 Å². The molecular formula is C17H26N4O3. The molecule has 2 atom stereocenters. The van der Waals surface area contributed by atoms with Gasteiger partial charge < -0.3 is 15.1 Å². The van der Waals surface area contributed by atoms with Gasteiger partial charge in [0.15, 0.2) is 0 Å². The Kier molecular flexibility index (Phi) is 4.91. The number of rotatable bonds is 5. The lowest BCUT2D eigenvalue weighted by atomic mass is 10.00. The molecule has 24 heavy (non-hydrogen) atoms. The predicted molar refractivity (Wildman–Crippen MR) is 90.1 cm³/mol. The highest BCUT2D eigenvalue weighted by Crippen LogP contribution is 2.30. The normalized spacial score (nSPS) is 28.1. The fourth-order valence-corrected chi connectivity index (χ4v) is 3.54. The summed E-state index contributed by atoms with van der Waals surface area (Å²) in [7, 11) is 2.09. The van der Waals surface area contributed by atoms with E-state index in [0.717, 1.165) is 31.5 Å². The highest BCUT2D eigenvalue weighted by atomic mass is 16.7. The van der Waals surface area contributed by atoms with E-state index in [0.29, 0.717) is 6.54 Å². The Morgan fingerprint density at radius 3 is 2.83 bits per heavy atom. The Balaban J connectivity index is 1.66. The third-order valence-corrected chi connectivity index (χ3v) is 5.03. The van der Waals surface area contributed by atoms with Crippen molar-refractivity contribution in [3.05, 3.63) is 24.3 Å². The van der Waals surface area contributed by atoms with Crippen LogP contribution in [-0.4, -0.2) is 78.2 Å². The van der Waals surface area contributed by atoms with Crippen molar-refractivity contribution in [1.82, 2.24) is 20.2 Å². The van der Waals surface area contributed by atoms with E-state index in [4.69, 9.17) is 4.84 Å². The monoisotopic (exact) mass is 334 g/mol. The molecule has 2 saturated heterocycles. The van der Waals surface area contributed by atoms with Gasteiger partial charge in [0.25, 0.3) is 0 Å². The van der Waals surface area contributed by atoms with Crippen LogP contribution in [0.2, 0.25) is 0 Å². The van der Waals surface area contributed by atoms with Gasteiger partial charge in [0, 0.05) is 6.04 Å². The van der Waals surface area contributed by atoms with E-state index in [-0.39, 0.29) is 30.6 Å². The Hall–Kier alpha value is -1.86. The molecule has 7 heteroatoms. The molecule has 0 aromatic carbocycles. The van der Waals surface area contributed by atoms with E-state index in [2.05, 4.69) is 23.8 Å². The largest absolute Gasteiger partial charge is 0.351 e. The first-order valence-corrected chi connectivity index (χ1v) is 8.52. The van der Waals surface area contributed by atoms with E-state index < -0.39 is 6.04 Å². The zero-order valence-corrected chi connectivity index (χ0v) is 14.4. The number of hydroxylamine groups is 2. The molecule has 7 nitrogen and oxygen atoms in total. The van der Waals surface area contributed by atoms with Gasteiger partial charge in [-0.05, 0) is 45.5 Å². The molecule has 3 amide bonds. The summed E-state index contributed by atoms with van der Waals surface area (Å²) in [4.78, 5) is 34.6. The second-order valence-corrected chi connectivity index (χ2v) is 6.80. The SMILES string of the molecule is C=CCON1C(=O)N2C[C@H]1C(C)=C[C@H]2C(=O)NC1CCN(C)CC1. The number of hydrogen-bond acceptors (Lipinski definition) is 4. The maximum atomic E-state index is 12.7. The number of urea groups is 1. The molecule has 0 radical (unpaired) electrons. The summed E-state index contributed by atoms with van der Waals surface area (Å²) in [6.07, 6.45) is 5.38. The average Bonchev–Trinajstić information content (AvgIpc) is 2.84. The highest BCUT2D eigenvalue weighted by molar-refractivity contribution is 5.91. The Morgan fingerprint density at radius 2 is 2.17 bits per heavy atom. The van der Waals surface area contributed by atoms with Crippen LogP contribution in [0.3, 0.4) is 0 Å². The fourth-order valence-electron chi connectivity index (χ4n) is 3.54. The molecule has 0 unspecified atom stereocenters. The van der Waals surface area contributed by atoms with Crippen LogP contribution in [0.1, 0.15) is 19.8 Å². The number of carbonyl (C=O) groups is 2. The zero-order valence-electron chi connectivity index (χ0n) is 14.4. The number of nitrogens with one attached hydrogen (secondary N) is 1. The van der Waals surface area contributed by atoms with Crippen molar-refractivity contribution in [1.29, 1.82) is 0 Å². The van der Waals surface area contributed by atoms with Crippen molar-refractivity contribution in [2.75, 3.05) is 33.3 Å². The number of piperidine rings is 1. The van der Waals surface area contributed by atoms with Gasteiger partial charge in [-0.2, -0.15) is 5.06 Å². The Labute approximate surface area is 142 Å². The first-order valence-electron chi connectivity index (χ1n) is 8.52. The second-order valence-electron chi connectivity index (χ2n) is 6.80. The van der Waals surface area contributed by atoms with Gasteiger partial charge in [0.1, 0.15) is 6.04 Å². The van der Waals surface area contributed by atoms with Crippen molar-refractivity contribution in [2.24, 2.45) is 0 Å². The fraction of sp³-hybridized carbons (Fsp3) is 0.647. The molecule has 3 aliphatic heterocycles. The average molecular weight is 334 g/mol. The van der Waals surface area contributed by atoms with E-state index in [1.54, 1.807) is 11.0 Å². The van der Waals surface area contributed by atoms with Crippen LogP contribution < -0.4 is 5.32 Å². The topological polar surface area (TPSA) is 65.1 Å². The van der Waals surface area contributed by atoms with Crippen LogP contribution in [0, 0.1) is 0 Å². The van der Waals surface area contributed by atoms with Gasteiger partial charge in [0.2, 0.25) is 5.91 Å². The molecule has 3 rings (SSSR count). The number of fused-ring (bicyclic) bond motifs is 2. The van der Waals surface area contributed by atoms with E-state index in [1.807, 2.05) is 13.0 Å². The quantitative estimate of drug-likeness (QED) is 0.754. The van der Waals surface area contributed by atoms with E-state index in [9.17, 15) is 9.59 Å². The lowest BCUT2D eigenvalue weighted by molar-refractivity contribution is -0.125. The Bertz CT molecular complexity index is 554. The molecule has 0 aromatic rings. The first kappa shape index (κ1) is 17.0. The lowest BCUT2D eigenvalue weighted by Crippen LogP contribution is -2.52. The molecule has 1 N–H and O–H groups in total. The molecule has 0 saturated carbocycles. The van der Waals surface area contributed by atoms with E-state index >= 15 is 0 Å². The molecule has 0 aromatic heterocycles. The maximum Gasteiger partial charge on any atom is 0.345 e. The van der Waals surface area contributed by atoms with Crippen LogP contribution >= 0.6 is 0 Å². The van der Waals surface area contributed by atoms with E-state index in [1.165, 1.54) is 5.06 Å².